The van der Waals surface area contributed by atoms with Crippen molar-refractivity contribution in [3.05, 3.63) is 53.1 Å². The maximum absolute atomic E-state index is 13.1. The van der Waals surface area contributed by atoms with Gasteiger partial charge in [0.1, 0.15) is 5.75 Å². The third kappa shape index (κ3) is 5.70. The molecule has 2 aliphatic heterocycles. The summed E-state index contributed by atoms with van der Waals surface area (Å²) in [5.41, 5.74) is 0.761. The Morgan fingerprint density at radius 2 is 1.56 bits per heavy atom. The lowest BCUT2D eigenvalue weighted by Gasteiger charge is -2.31. The van der Waals surface area contributed by atoms with Gasteiger partial charge in [0, 0.05) is 32.7 Å². The highest BCUT2D eigenvalue weighted by Gasteiger charge is 2.33. The molecule has 1 amide bonds. The Bertz CT molecular complexity index is 1310. The lowest BCUT2D eigenvalue weighted by atomic mass is 9.99. The van der Waals surface area contributed by atoms with Crippen molar-refractivity contribution in [1.82, 2.24) is 13.9 Å². The van der Waals surface area contributed by atoms with Gasteiger partial charge in [-0.25, -0.2) is 16.8 Å². The molecule has 0 unspecified atom stereocenters. The molecule has 1 N–H and O–H groups in total. The zero-order valence-corrected chi connectivity index (χ0v) is 22.4. The van der Waals surface area contributed by atoms with Gasteiger partial charge in [0.25, 0.3) is 0 Å². The first-order valence-corrected chi connectivity index (χ1v) is 15.1. The summed E-state index contributed by atoms with van der Waals surface area (Å²) in [6.07, 6.45) is 2.88. The molecule has 2 heterocycles. The number of nitrogens with one attached hydrogen (secondary N) is 1. The number of ether oxygens (including phenoxy) is 1. The van der Waals surface area contributed by atoms with Crippen LogP contribution >= 0.6 is 11.6 Å². The SMILES string of the molecule is COc1ccc(S(=O)(=O)N2CCC[C@@H](C(=O)NCc3ccc(S(=O)(=O)N4CCCC4)cc3)C2)cc1Cl. The number of hydrogen-bond acceptors (Lipinski definition) is 6. The van der Waals surface area contributed by atoms with E-state index in [1.807, 2.05) is 0 Å². The second-order valence-electron chi connectivity index (χ2n) is 8.97. The number of sulfonamides is 2. The molecule has 0 radical (unpaired) electrons. The quantitative estimate of drug-likeness (QED) is 0.536. The van der Waals surface area contributed by atoms with E-state index < -0.39 is 26.0 Å². The van der Waals surface area contributed by atoms with Crippen molar-refractivity contribution in [2.45, 2.75) is 42.0 Å². The Balaban J connectivity index is 1.36. The van der Waals surface area contributed by atoms with E-state index in [2.05, 4.69) is 5.32 Å². The van der Waals surface area contributed by atoms with Gasteiger partial charge >= 0.3 is 0 Å². The van der Waals surface area contributed by atoms with Crippen LogP contribution in [0.3, 0.4) is 0 Å². The lowest BCUT2D eigenvalue weighted by molar-refractivity contribution is -0.126. The summed E-state index contributed by atoms with van der Waals surface area (Å²) in [7, 11) is -5.85. The summed E-state index contributed by atoms with van der Waals surface area (Å²) in [6.45, 7) is 1.70. The summed E-state index contributed by atoms with van der Waals surface area (Å²) in [6, 6.07) is 10.8. The molecule has 9 nitrogen and oxygen atoms in total. The van der Waals surface area contributed by atoms with E-state index in [9.17, 15) is 21.6 Å². The van der Waals surface area contributed by atoms with E-state index in [4.69, 9.17) is 16.3 Å². The largest absolute Gasteiger partial charge is 0.495 e. The summed E-state index contributed by atoms with van der Waals surface area (Å²) < 4.78 is 59.5. The molecule has 196 valence electrons. The van der Waals surface area contributed by atoms with Crippen molar-refractivity contribution in [1.29, 1.82) is 0 Å². The van der Waals surface area contributed by atoms with Crippen LogP contribution in [0.4, 0.5) is 0 Å². The van der Waals surface area contributed by atoms with E-state index >= 15 is 0 Å². The van der Waals surface area contributed by atoms with Gasteiger partial charge in [-0.1, -0.05) is 23.7 Å². The Kier molecular flexibility index (Phi) is 8.25. The summed E-state index contributed by atoms with van der Waals surface area (Å²) >= 11 is 6.11. The van der Waals surface area contributed by atoms with E-state index in [1.165, 1.54) is 33.9 Å². The number of halogens is 1. The molecule has 2 aromatic rings. The van der Waals surface area contributed by atoms with E-state index in [1.54, 1.807) is 24.3 Å². The van der Waals surface area contributed by atoms with Crippen LogP contribution in [0, 0.1) is 5.92 Å². The van der Waals surface area contributed by atoms with Crippen LogP contribution in [0.1, 0.15) is 31.2 Å². The van der Waals surface area contributed by atoms with Gasteiger partial charge in [-0.05, 0) is 61.6 Å². The fourth-order valence-corrected chi connectivity index (χ4v) is 7.91. The van der Waals surface area contributed by atoms with Crippen molar-refractivity contribution >= 4 is 37.6 Å². The van der Waals surface area contributed by atoms with E-state index in [-0.39, 0.29) is 33.8 Å². The highest BCUT2D eigenvalue weighted by atomic mass is 35.5. The molecule has 0 saturated carbocycles. The van der Waals surface area contributed by atoms with Crippen LogP contribution in [-0.2, 0) is 31.4 Å². The van der Waals surface area contributed by atoms with Crippen LogP contribution in [0.25, 0.3) is 0 Å². The van der Waals surface area contributed by atoms with Gasteiger partial charge in [0.05, 0.1) is 27.8 Å². The second-order valence-corrected chi connectivity index (χ2v) is 13.3. The first-order valence-electron chi connectivity index (χ1n) is 11.8. The molecule has 1 atom stereocenters. The minimum absolute atomic E-state index is 0.0540. The maximum Gasteiger partial charge on any atom is 0.243 e. The Morgan fingerprint density at radius 3 is 2.19 bits per heavy atom. The minimum Gasteiger partial charge on any atom is -0.495 e. The number of methoxy groups -OCH3 is 1. The third-order valence-electron chi connectivity index (χ3n) is 6.61. The van der Waals surface area contributed by atoms with Crippen LogP contribution in [0.5, 0.6) is 5.75 Å². The predicted octanol–water partition coefficient (Wildman–Crippen LogP) is 2.85. The molecule has 2 aliphatic rings. The van der Waals surface area contributed by atoms with Crippen LogP contribution in [0.15, 0.2) is 52.3 Å². The van der Waals surface area contributed by atoms with Gasteiger partial charge in [-0.3, -0.25) is 4.79 Å². The molecule has 2 saturated heterocycles. The van der Waals surface area contributed by atoms with Gasteiger partial charge in [0.2, 0.25) is 26.0 Å². The van der Waals surface area contributed by atoms with Crippen molar-refractivity contribution in [2.24, 2.45) is 5.92 Å². The number of rotatable bonds is 8. The molecule has 4 rings (SSSR count). The number of hydrogen-bond donors (Lipinski definition) is 1. The van der Waals surface area contributed by atoms with Crippen molar-refractivity contribution in [3.8, 4) is 5.75 Å². The molecule has 2 fully saturated rings. The maximum atomic E-state index is 13.1. The molecule has 0 aromatic heterocycles. The van der Waals surface area contributed by atoms with Gasteiger partial charge in [-0.2, -0.15) is 8.61 Å². The number of benzene rings is 2. The third-order valence-corrected chi connectivity index (χ3v) is 10.7. The normalized spacial score (nSPS) is 19.8. The topological polar surface area (TPSA) is 113 Å². The predicted molar refractivity (Wildman–Crippen MR) is 136 cm³/mol. The zero-order valence-electron chi connectivity index (χ0n) is 20.0. The average molecular weight is 556 g/mol. The Labute approximate surface area is 217 Å². The number of nitrogens with zero attached hydrogens (tertiary/aromatic N) is 2. The highest BCUT2D eigenvalue weighted by Crippen LogP contribution is 2.30. The molecule has 36 heavy (non-hydrogen) atoms. The first kappa shape index (κ1) is 26.9. The molecule has 12 heteroatoms. The van der Waals surface area contributed by atoms with Gasteiger partial charge in [-0.15, -0.1) is 0 Å². The average Bonchev–Trinajstić information content (AvgIpc) is 3.44. The van der Waals surface area contributed by atoms with Crippen molar-refractivity contribution in [2.75, 3.05) is 33.3 Å². The van der Waals surface area contributed by atoms with Crippen LogP contribution < -0.4 is 10.1 Å². The zero-order chi connectivity index (χ0) is 25.9. The summed E-state index contributed by atoms with van der Waals surface area (Å²) in [5, 5.41) is 3.06. The second kappa shape index (κ2) is 11.1. The van der Waals surface area contributed by atoms with Gasteiger partial charge in [0.15, 0.2) is 0 Å². The van der Waals surface area contributed by atoms with Crippen molar-refractivity contribution < 1.29 is 26.4 Å². The molecule has 0 spiro atoms. The summed E-state index contributed by atoms with van der Waals surface area (Å²) in [4.78, 5) is 13.1. The fraction of sp³-hybridized carbons (Fsp3) is 0.458. The first-order chi connectivity index (χ1) is 17.1. The highest BCUT2D eigenvalue weighted by molar-refractivity contribution is 7.89. The smallest absolute Gasteiger partial charge is 0.243 e. The molecular formula is C24H30ClN3O6S2. The number of piperidine rings is 1. The monoisotopic (exact) mass is 555 g/mol. The van der Waals surface area contributed by atoms with E-state index in [0.717, 1.165) is 18.4 Å². The Morgan fingerprint density at radius 1 is 0.944 bits per heavy atom. The number of amides is 1. The lowest BCUT2D eigenvalue weighted by Crippen LogP contribution is -2.45. The van der Waals surface area contributed by atoms with Crippen LogP contribution in [0.2, 0.25) is 5.02 Å². The molecule has 2 aromatic carbocycles. The molecule has 0 bridgehead atoms. The summed E-state index contributed by atoms with van der Waals surface area (Å²) in [5.74, 6) is -0.346. The number of carbonyl (C=O) groups is 1. The van der Waals surface area contributed by atoms with E-state index in [0.29, 0.717) is 38.2 Å². The Hall–Kier alpha value is -2.18. The minimum atomic E-state index is -3.82. The van der Waals surface area contributed by atoms with Crippen molar-refractivity contribution in [3.63, 3.8) is 0 Å². The molecular weight excluding hydrogens is 526 g/mol. The molecule has 0 aliphatic carbocycles. The fourth-order valence-electron chi connectivity index (χ4n) is 4.52. The van der Waals surface area contributed by atoms with Gasteiger partial charge < -0.3 is 10.1 Å². The standard InChI is InChI=1S/C24H30ClN3O6S2/c1-34-23-11-10-21(15-22(23)25)36(32,33)28-14-4-5-19(17-28)24(29)26-16-18-6-8-20(9-7-18)35(30,31)27-12-2-3-13-27/h6-11,15,19H,2-5,12-14,16-17H2,1H3,(H,26,29)/t19-/m1/s1. The van der Waals surface area contributed by atoms with Crippen LogP contribution in [-0.4, -0.2) is 64.6 Å². The number of carbonyl (C=O) groups excluding carboxylic acids is 1.